The van der Waals surface area contributed by atoms with Crippen LogP contribution in [0, 0.1) is 0 Å². The van der Waals surface area contributed by atoms with E-state index in [2.05, 4.69) is 15.5 Å². The lowest BCUT2D eigenvalue weighted by Gasteiger charge is -2.49. The maximum atomic E-state index is 13.1. The zero-order valence-corrected chi connectivity index (χ0v) is 21.1. The number of amides is 2. The molecule has 1 fully saturated rings. The highest BCUT2D eigenvalue weighted by Crippen LogP contribution is 2.41. The molecule has 3 N–H and O–H groups in total. The van der Waals surface area contributed by atoms with Gasteiger partial charge in [0.25, 0.3) is 11.8 Å². The molecule has 3 heterocycles. The van der Waals surface area contributed by atoms with Gasteiger partial charge in [-0.3, -0.25) is 19.3 Å². The number of hydrogen-bond donors (Lipinski definition) is 2. The Hall–Kier alpha value is -3.39. The van der Waals surface area contributed by atoms with Gasteiger partial charge in [0.15, 0.2) is 10.8 Å². The molecule has 2 aliphatic heterocycles. The smallest absolute Gasteiger partial charge is 0.358 e. The van der Waals surface area contributed by atoms with Gasteiger partial charge in [-0.1, -0.05) is 24.2 Å². The van der Waals surface area contributed by atoms with Crippen LogP contribution < -0.4 is 11.1 Å². The van der Waals surface area contributed by atoms with Crippen LogP contribution in [0.3, 0.4) is 0 Å². The fourth-order valence-corrected chi connectivity index (χ4v) is 5.25. The van der Waals surface area contributed by atoms with Crippen LogP contribution in [0.2, 0.25) is 0 Å². The Labute approximate surface area is 209 Å². The maximum Gasteiger partial charge on any atom is 0.358 e. The number of carbonyl (C=O) groups excluding carboxylic acids is 4. The first kappa shape index (κ1) is 26.2. The third-order valence-corrected chi connectivity index (χ3v) is 6.78. The molecule has 0 bridgehead atoms. The van der Waals surface area contributed by atoms with E-state index >= 15 is 0 Å². The number of fused-ring (bicyclic) bond motifs is 1. The molecule has 0 aliphatic carbocycles. The largest absolute Gasteiger partial charge is 0.426 e. The first-order valence-corrected chi connectivity index (χ1v) is 12.5. The standard InChI is InChI=1S/C21H25N5O7S2/c1-5-6-7-12-8-34-19-15(24-17(28)14(25-31-4)13-9-35-21(22)23-13)18(29)26(19)16(12)20(30)33-11(3)32-10(2)27/h6-7,9,11,15,19H,5,8H2,1-4H3,(H2,22,23)(H,24,28)/b7-6+,25-14-/t11?,15-,19-/m1/s1. The van der Waals surface area contributed by atoms with Crippen LogP contribution >= 0.6 is 23.1 Å². The first-order valence-electron chi connectivity index (χ1n) is 10.5. The molecule has 188 valence electrons. The molecule has 1 aromatic rings. The summed E-state index contributed by atoms with van der Waals surface area (Å²) in [6, 6.07) is -0.920. The van der Waals surface area contributed by atoms with E-state index in [0.29, 0.717) is 11.3 Å². The van der Waals surface area contributed by atoms with Crippen molar-refractivity contribution in [2.24, 2.45) is 5.16 Å². The zero-order chi connectivity index (χ0) is 25.7. The van der Waals surface area contributed by atoms with E-state index in [-0.39, 0.29) is 22.2 Å². The molecule has 0 saturated carbocycles. The maximum absolute atomic E-state index is 13.1. The molecule has 3 rings (SSSR count). The molecule has 14 heteroatoms. The van der Waals surface area contributed by atoms with E-state index < -0.39 is 41.5 Å². The van der Waals surface area contributed by atoms with Crippen LogP contribution in [-0.2, 0) is 33.5 Å². The van der Waals surface area contributed by atoms with Gasteiger partial charge < -0.3 is 25.4 Å². The van der Waals surface area contributed by atoms with Crippen molar-refractivity contribution in [1.82, 2.24) is 15.2 Å². The lowest BCUT2D eigenvalue weighted by Crippen LogP contribution is -2.71. The van der Waals surface area contributed by atoms with Crippen molar-refractivity contribution in [3.63, 3.8) is 0 Å². The quantitative estimate of drug-likeness (QED) is 0.158. The van der Waals surface area contributed by atoms with Gasteiger partial charge in [-0.15, -0.1) is 23.1 Å². The second kappa shape index (κ2) is 11.4. The lowest BCUT2D eigenvalue weighted by atomic mass is 10.0. The van der Waals surface area contributed by atoms with Crippen LogP contribution in [0.5, 0.6) is 0 Å². The number of nitrogens with two attached hydrogens (primary N) is 1. The molecule has 0 radical (unpaired) electrons. The van der Waals surface area contributed by atoms with Gasteiger partial charge in [0, 0.05) is 25.0 Å². The number of ether oxygens (including phenoxy) is 2. The summed E-state index contributed by atoms with van der Waals surface area (Å²) in [5.74, 6) is -2.20. The van der Waals surface area contributed by atoms with Crippen LogP contribution in [-0.4, -0.2) is 69.9 Å². The molecular weight excluding hydrogens is 498 g/mol. The lowest BCUT2D eigenvalue weighted by molar-refractivity contribution is -0.182. The Morgan fingerprint density at radius 1 is 1.40 bits per heavy atom. The van der Waals surface area contributed by atoms with Crippen LogP contribution in [0.25, 0.3) is 0 Å². The molecule has 3 atom stereocenters. The number of carbonyl (C=O) groups is 4. The number of thiazole rings is 1. The number of oxime groups is 1. The van der Waals surface area contributed by atoms with Crippen LogP contribution in [0.15, 0.2) is 34.0 Å². The Balaban J connectivity index is 1.81. The van der Waals surface area contributed by atoms with Crippen molar-refractivity contribution >= 4 is 57.7 Å². The minimum absolute atomic E-state index is 0.0472. The predicted octanol–water partition coefficient (Wildman–Crippen LogP) is 1.15. The van der Waals surface area contributed by atoms with Gasteiger partial charge in [0.05, 0.1) is 0 Å². The minimum Gasteiger partial charge on any atom is -0.426 e. The Morgan fingerprint density at radius 2 is 2.14 bits per heavy atom. The van der Waals surface area contributed by atoms with Gasteiger partial charge >= 0.3 is 11.9 Å². The molecular formula is C21H25N5O7S2. The van der Waals surface area contributed by atoms with Gasteiger partial charge in [0.1, 0.15) is 29.9 Å². The van der Waals surface area contributed by atoms with Gasteiger partial charge in [-0.25, -0.2) is 9.78 Å². The first-order chi connectivity index (χ1) is 16.7. The highest BCUT2D eigenvalue weighted by Gasteiger charge is 2.54. The van der Waals surface area contributed by atoms with E-state index in [0.717, 1.165) is 17.8 Å². The zero-order valence-electron chi connectivity index (χ0n) is 19.5. The van der Waals surface area contributed by atoms with Crippen molar-refractivity contribution in [3.8, 4) is 0 Å². The number of thioether (sulfide) groups is 1. The van der Waals surface area contributed by atoms with E-state index in [9.17, 15) is 19.2 Å². The summed E-state index contributed by atoms with van der Waals surface area (Å²) in [6.07, 6.45) is 3.20. The Kier molecular flexibility index (Phi) is 8.51. The number of nitrogens with zero attached hydrogens (tertiary/aromatic N) is 3. The summed E-state index contributed by atoms with van der Waals surface area (Å²) in [4.78, 5) is 60.2. The molecule has 1 unspecified atom stereocenters. The molecule has 12 nitrogen and oxygen atoms in total. The summed E-state index contributed by atoms with van der Waals surface area (Å²) < 4.78 is 10.1. The highest BCUT2D eigenvalue weighted by atomic mass is 32.2. The average Bonchev–Trinajstić information content (AvgIpc) is 3.23. The number of anilines is 1. The molecule has 0 aromatic carbocycles. The third kappa shape index (κ3) is 5.82. The number of nitrogen functional groups attached to an aromatic ring is 1. The topological polar surface area (TPSA) is 163 Å². The molecule has 0 spiro atoms. The summed E-state index contributed by atoms with van der Waals surface area (Å²) >= 11 is 2.51. The molecule has 1 aromatic heterocycles. The fraction of sp³-hybridized carbons (Fsp3) is 0.429. The number of aromatic nitrogens is 1. The number of β-lactam (4-membered cyclic amide) rings is 1. The van der Waals surface area contributed by atoms with Gasteiger partial charge in [-0.05, 0) is 12.0 Å². The number of esters is 2. The van der Waals surface area contributed by atoms with E-state index in [4.69, 9.17) is 20.0 Å². The van der Waals surface area contributed by atoms with E-state index in [1.165, 1.54) is 37.6 Å². The predicted molar refractivity (Wildman–Crippen MR) is 129 cm³/mol. The normalized spacial score (nSPS) is 20.7. The highest BCUT2D eigenvalue weighted by molar-refractivity contribution is 8.00. The molecule has 35 heavy (non-hydrogen) atoms. The fourth-order valence-electron chi connectivity index (χ4n) is 3.39. The van der Waals surface area contributed by atoms with Gasteiger partial charge in [-0.2, -0.15) is 0 Å². The summed E-state index contributed by atoms with van der Waals surface area (Å²) in [6.45, 7) is 4.53. The van der Waals surface area contributed by atoms with E-state index in [1.807, 2.05) is 13.0 Å². The van der Waals surface area contributed by atoms with Crippen molar-refractivity contribution in [3.05, 3.63) is 34.5 Å². The number of rotatable bonds is 9. The number of allylic oxidation sites excluding steroid dienone is 2. The van der Waals surface area contributed by atoms with Gasteiger partial charge in [0.2, 0.25) is 6.29 Å². The van der Waals surface area contributed by atoms with Crippen molar-refractivity contribution < 1.29 is 33.5 Å². The summed E-state index contributed by atoms with van der Waals surface area (Å²) in [7, 11) is 1.28. The second-order valence-corrected chi connectivity index (χ2v) is 9.32. The summed E-state index contributed by atoms with van der Waals surface area (Å²) in [5.41, 5.74) is 6.36. The number of nitrogens with one attached hydrogen (secondary N) is 1. The molecule has 2 aliphatic rings. The molecule has 1 saturated heterocycles. The molecule has 2 amide bonds. The monoisotopic (exact) mass is 523 g/mol. The summed E-state index contributed by atoms with van der Waals surface area (Å²) in [5, 5.41) is 7.60. The van der Waals surface area contributed by atoms with Crippen LogP contribution in [0.1, 0.15) is 32.9 Å². The van der Waals surface area contributed by atoms with Crippen molar-refractivity contribution in [2.45, 2.75) is 44.9 Å². The number of hydrogen-bond acceptors (Lipinski definition) is 12. The minimum atomic E-state index is -1.14. The SMILES string of the molecule is CC/C=C/C1=C(C(=O)OC(C)OC(C)=O)N2C(=O)[C@@H](NC(=O)/C(=N\OC)c3csc(N)n3)[C@H]2SC1. The van der Waals surface area contributed by atoms with Crippen molar-refractivity contribution in [2.75, 3.05) is 18.6 Å². The Morgan fingerprint density at radius 3 is 2.74 bits per heavy atom. The average molecular weight is 524 g/mol. The third-order valence-electron chi connectivity index (χ3n) is 4.80. The van der Waals surface area contributed by atoms with Crippen LogP contribution in [0.4, 0.5) is 5.13 Å². The van der Waals surface area contributed by atoms with Crippen molar-refractivity contribution in [1.29, 1.82) is 0 Å². The van der Waals surface area contributed by atoms with E-state index in [1.54, 1.807) is 11.5 Å². The Bertz CT molecular complexity index is 1110. The second-order valence-electron chi connectivity index (χ2n) is 7.32.